The first-order chi connectivity index (χ1) is 13.4. The van der Waals surface area contributed by atoms with Gasteiger partial charge in [0.1, 0.15) is 0 Å². The van der Waals surface area contributed by atoms with Crippen molar-refractivity contribution >= 4 is 54.4 Å². The number of nitrogens with zero attached hydrogens (tertiary/aromatic N) is 3. The number of thioether (sulfide) groups is 1. The van der Waals surface area contributed by atoms with Gasteiger partial charge in [0.25, 0.3) is 0 Å². The second-order valence-corrected chi connectivity index (χ2v) is 10.1. The topological polar surface area (TPSA) is 123 Å². The van der Waals surface area contributed by atoms with Gasteiger partial charge < -0.3 is 10.6 Å². The van der Waals surface area contributed by atoms with Gasteiger partial charge in [-0.3, -0.25) is 0 Å². The first kappa shape index (κ1) is 19.4. The minimum atomic E-state index is -3.71. The largest absolute Gasteiger partial charge is 0.359 e. The fourth-order valence-electron chi connectivity index (χ4n) is 3.24. The van der Waals surface area contributed by atoms with E-state index in [-0.39, 0.29) is 4.90 Å². The Morgan fingerprint density at radius 2 is 1.89 bits per heavy atom. The third-order valence-corrected chi connectivity index (χ3v) is 7.19. The van der Waals surface area contributed by atoms with Gasteiger partial charge >= 0.3 is 0 Å². The van der Waals surface area contributed by atoms with Crippen molar-refractivity contribution in [3.8, 4) is 0 Å². The second-order valence-electron chi connectivity index (χ2n) is 6.64. The third-order valence-electron chi connectivity index (χ3n) is 4.65. The fourth-order valence-corrected chi connectivity index (χ4v) is 5.15. The summed E-state index contributed by atoms with van der Waals surface area (Å²) in [5.41, 5.74) is 0.759. The molecule has 0 radical (unpaired) electrons. The monoisotopic (exact) mass is 436 g/mol. The zero-order valence-corrected chi connectivity index (χ0v) is 17.6. The predicted octanol–water partition coefficient (Wildman–Crippen LogP) is 2.90. The van der Waals surface area contributed by atoms with Crippen LogP contribution < -0.4 is 15.8 Å². The van der Waals surface area contributed by atoms with Gasteiger partial charge in [-0.1, -0.05) is 11.3 Å². The van der Waals surface area contributed by atoms with Crippen LogP contribution in [0.15, 0.2) is 40.4 Å². The van der Waals surface area contributed by atoms with E-state index in [0.717, 1.165) is 39.5 Å². The van der Waals surface area contributed by atoms with E-state index in [1.54, 1.807) is 23.9 Å². The van der Waals surface area contributed by atoms with Crippen LogP contribution in [0.3, 0.4) is 0 Å². The number of hydrogen-bond acceptors (Lipinski definition) is 9. The molecule has 2 heterocycles. The molecule has 2 unspecified atom stereocenters. The lowest BCUT2D eigenvalue weighted by atomic mass is 10.2. The van der Waals surface area contributed by atoms with Crippen molar-refractivity contribution in [1.82, 2.24) is 15.0 Å². The first-order valence-corrected chi connectivity index (χ1v) is 12.3. The van der Waals surface area contributed by atoms with Crippen LogP contribution in [0.5, 0.6) is 0 Å². The molecule has 28 heavy (non-hydrogen) atoms. The van der Waals surface area contributed by atoms with Gasteiger partial charge in [0, 0.05) is 29.4 Å². The van der Waals surface area contributed by atoms with E-state index >= 15 is 0 Å². The summed E-state index contributed by atoms with van der Waals surface area (Å²) in [6, 6.07) is 5.34. The molecule has 0 spiro atoms. The summed E-state index contributed by atoms with van der Waals surface area (Å²) >= 11 is 3.05. The number of fused-ring (bicyclic) bond motifs is 1. The molecule has 11 heteroatoms. The smallest absolute Gasteiger partial charge is 0.238 e. The summed E-state index contributed by atoms with van der Waals surface area (Å²) in [5.74, 6) is 0.652. The third kappa shape index (κ3) is 4.37. The second kappa shape index (κ2) is 7.82. The van der Waals surface area contributed by atoms with Crippen molar-refractivity contribution in [2.75, 3.05) is 16.9 Å². The number of nitrogens with two attached hydrogens (primary N) is 1. The zero-order chi connectivity index (χ0) is 19.7. The van der Waals surface area contributed by atoms with Crippen LogP contribution in [-0.4, -0.2) is 41.7 Å². The lowest BCUT2D eigenvalue weighted by Gasteiger charge is -2.14. The average molecular weight is 437 g/mol. The molecular formula is C17H20N6O2S3. The summed E-state index contributed by atoms with van der Waals surface area (Å²) in [6.45, 7) is 0. The number of rotatable bonds is 6. The highest BCUT2D eigenvalue weighted by molar-refractivity contribution is 7.98. The molecule has 0 bridgehead atoms. The molecule has 4 rings (SSSR count). The zero-order valence-electron chi connectivity index (χ0n) is 15.1. The Kier molecular flexibility index (Phi) is 5.41. The highest BCUT2D eigenvalue weighted by Gasteiger charge is 2.26. The van der Waals surface area contributed by atoms with Crippen LogP contribution in [0.2, 0.25) is 0 Å². The van der Waals surface area contributed by atoms with E-state index < -0.39 is 10.0 Å². The summed E-state index contributed by atoms with van der Waals surface area (Å²) in [4.78, 5) is 14.4. The first-order valence-electron chi connectivity index (χ1n) is 8.73. The number of anilines is 2. The van der Waals surface area contributed by atoms with Crippen molar-refractivity contribution in [2.45, 2.75) is 41.1 Å². The summed E-state index contributed by atoms with van der Waals surface area (Å²) in [6.07, 6.45) is 8.61. The van der Waals surface area contributed by atoms with Crippen LogP contribution in [0.1, 0.15) is 19.3 Å². The molecule has 1 saturated carbocycles. The SMILES string of the molecule is CSc1cnc(NC2CCC(Nc3nc4ccc(S(N)(=O)=O)cc4s3)C2)nc1. The van der Waals surface area contributed by atoms with Gasteiger partial charge in [-0.25, -0.2) is 28.5 Å². The van der Waals surface area contributed by atoms with Crippen LogP contribution in [0.4, 0.5) is 11.1 Å². The van der Waals surface area contributed by atoms with Crippen molar-refractivity contribution in [1.29, 1.82) is 0 Å². The Balaban J connectivity index is 1.39. The molecule has 1 aliphatic carbocycles. The average Bonchev–Trinajstić information content (AvgIpc) is 3.27. The molecule has 2 atom stereocenters. The maximum atomic E-state index is 11.5. The minimum Gasteiger partial charge on any atom is -0.359 e. The van der Waals surface area contributed by atoms with Gasteiger partial charge in [0.15, 0.2) is 5.13 Å². The number of benzene rings is 1. The van der Waals surface area contributed by atoms with Gasteiger partial charge in [-0.15, -0.1) is 11.8 Å². The highest BCUT2D eigenvalue weighted by atomic mass is 32.2. The molecule has 3 aromatic rings. The number of aromatic nitrogens is 3. The van der Waals surface area contributed by atoms with E-state index in [9.17, 15) is 8.42 Å². The minimum absolute atomic E-state index is 0.104. The molecule has 148 valence electrons. The Morgan fingerprint density at radius 3 is 2.57 bits per heavy atom. The molecule has 0 amide bonds. The summed E-state index contributed by atoms with van der Waals surface area (Å²) < 4.78 is 23.8. The quantitative estimate of drug-likeness (QED) is 0.504. The molecule has 0 aliphatic heterocycles. The van der Waals surface area contributed by atoms with Crippen molar-refractivity contribution < 1.29 is 8.42 Å². The van der Waals surface area contributed by atoms with E-state index in [1.165, 1.54) is 17.4 Å². The van der Waals surface area contributed by atoms with E-state index in [1.807, 2.05) is 18.6 Å². The van der Waals surface area contributed by atoms with Crippen LogP contribution in [0.25, 0.3) is 10.2 Å². The molecule has 1 aromatic carbocycles. The van der Waals surface area contributed by atoms with Gasteiger partial charge in [-0.2, -0.15) is 0 Å². The van der Waals surface area contributed by atoms with Crippen LogP contribution >= 0.6 is 23.1 Å². The normalized spacial score (nSPS) is 19.8. The van der Waals surface area contributed by atoms with E-state index in [0.29, 0.717) is 18.0 Å². The van der Waals surface area contributed by atoms with Gasteiger partial charge in [-0.05, 0) is 43.7 Å². The maximum absolute atomic E-state index is 11.5. The molecule has 8 nitrogen and oxygen atoms in total. The molecule has 4 N–H and O–H groups in total. The Hall–Kier alpha value is -1.95. The number of sulfonamides is 1. The number of thiazole rings is 1. The lowest BCUT2D eigenvalue weighted by Crippen LogP contribution is -2.21. The van der Waals surface area contributed by atoms with Gasteiger partial charge in [0.2, 0.25) is 16.0 Å². The maximum Gasteiger partial charge on any atom is 0.238 e. The highest BCUT2D eigenvalue weighted by Crippen LogP contribution is 2.31. The van der Waals surface area contributed by atoms with E-state index in [4.69, 9.17) is 5.14 Å². The van der Waals surface area contributed by atoms with Crippen molar-refractivity contribution in [3.63, 3.8) is 0 Å². The summed E-state index contributed by atoms with van der Waals surface area (Å²) in [7, 11) is -3.71. The van der Waals surface area contributed by atoms with Gasteiger partial charge in [0.05, 0.1) is 15.1 Å². The Bertz CT molecular complexity index is 1080. The van der Waals surface area contributed by atoms with E-state index in [2.05, 4.69) is 25.6 Å². The van der Waals surface area contributed by atoms with Crippen LogP contribution in [-0.2, 0) is 10.0 Å². The molecule has 1 aliphatic rings. The predicted molar refractivity (Wildman–Crippen MR) is 113 cm³/mol. The Morgan fingerprint density at radius 1 is 1.18 bits per heavy atom. The number of nitrogens with one attached hydrogen (secondary N) is 2. The number of primary sulfonamides is 1. The molecule has 1 fully saturated rings. The Labute approximate surface area is 171 Å². The van der Waals surface area contributed by atoms with Crippen molar-refractivity contribution in [3.05, 3.63) is 30.6 Å². The fraction of sp³-hybridized carbons (Fsp3) is 0.353. The van der Waals surface area contributed by atoms with Crippen molar-refractivity contribution in [2.24, 2.45) is 5.14 Å². The standard InChI is InChI=1S/C17H20N6O2S3/c1-26-12-8-19-16(20-9-12)21-10-2-3-11(6-10)22-17-23-14-5-4-13(28(18,24)25)7-15(14)27-17/h4-5,7-11H,2-3,6H2,1H3,(H,22,23)(H2,18,24,25)(H,19,20,21). The molecule has 0 saturated heterocycles. The molecular weight excluding hydrogens is 416 g/mol. The molecule has 2 aromatic heterocycles. The lowest BCUT2D eigenvalue weighted by molar-refractivity contribution is 0.598. The van der Waals surface area contributed by atoms with Crippen LogP contribution in [0, 0.1) is 0 Å². The summed E-state index contributed by atoms with van der Waals surface area (Å²) in [5, 5.41) is 12.8. The number of hydrogen-bond donors (Lipinski definition) is 3.